The minimum absolute atomic E-state index is 0.0430. The Labute approximate surface area is 110 Å². The predicted octanol–water partition coefficient (Wildman–Crippen LogP) is 2.09. The van der Waals surface area contributed by atoms with Crippen molar-refractivity contribution in [3.05, 3.63) is 35.2 Å². The van der Waals surface area contributed by atoms with Crippen LogP contribution in [0.15, 0.2) is 23.8 Å². The monoisotopic (exact) mass is 257 g/mol. The highest BCUT2D eigenvalue weighted by Gasteiger charge is 2.14. The first kappa shape index (κ1) is 13.1. The highest BCUT2D eigenvalue weighted by Crippen LogP contribution is 2.22. The molecule has 2 rings (SSSR count). The van der Waals surface area contributed by atoms with E-state index >= 15 is 0 Å². The third-order valence-corrected chi connectivity index (χ3v) is 2.88. The quantitative estimate of drug-likeness (QED) is 0.761. The summed E-state index contributed by atoms with van der Waals surface area (Å²) in [6.45, 7) is 2.50. The van der Waals surface area contributed by atoms with Gasteiger partial charge >= 0.3 is 0 Å². The van der Waals surface area contributed by atoms with Gasteiger partial charge in [-0.15, -0.1) is 0 Å². The van der Waals surface area contributed by atoms with Crippen molar-refractivity contribution in [2.45, 2.75) is 0 Å². The number of nitriles is 2. The average Bonchev–Trinajstić information content (AvgIpc) is 2.46. The van der Waals surface area contributed by atoms with Crippen LogP contribution in [0.5, 0.6) is 0 Å². The van der Waals surface area contributed by atoms with E-state index in [0.717, 1.165) is 0 Å². The standard InChI is InChI=1S/C14H12FN3O/c15-13-8-11(7-12(9-16)10-17)1-2-14(13)18-3-5-19-6-4-18/h1-2,7-8H,3-6H2. The lowest BCUT2D eigenvalue weighted by Crippen LogP contribution is -2.36. The summed E-state index contributed by atoms with van der Waals surface area (Å²) in [5.41, 5.74) is 0.988. The van der Waals surface area contributed by atoms with Crippen LogP contribution in [0.2, 0.25) is 0 Å². The minimum atomic E-state index is -0.356. The van der Waals surface area contributed by atoms with Gasteiger partial charge in [0.2, 0.25) is 0 Å². The van der Waals surface area contributed by atoms with Crippen molar-refractivity contribution in [1.82, 2.24) is 0 Å². The zero-order valence-corrected chi connectivity index (χ0v) is 10.3. The molecule has 0 radical (unpaired) electrons. The van der Waals surface area contributed by atoms with Gasteiger partial charge in [0.15, 0.2) is 0 Å². The van der Waals surface area contributed by atoms with Gasteiger partial charge in [0.1, 0.15) is 23.5 Å². The van der Waals surface area contributed by atoms with Crippen molar-refractivity contribution in [3.8, 4) is 12.1 Å². The fourth-order valence-electron chi connectivity index (χ4n) is 1.93. The van der Waals surface area contributed by atoms with Crippen LogP contribution in [0.4, 0.5) is 10.1 Å². The van der Waals surface area contributed by atoms with E-state index in [0.29, 0.717) is 37.6 Å². The van der Waals surface area contributed by atoms with Crippen LogP contribution >= 0.6 is 0 Å². The predicted molar refractivity (Wildman–Crippen MR) is 68.6 cm³/mol. The van der Waals surface area contributed by atoms with Crippen molar-refractivity contribution in [2.24, 2.45) is 0 Å². The summed E-state index contributed by atoms with van der Waals surface area (Å²) in [4.78, 5) is 1.92. The summed E-state index contributed by atoms with van der Waals surface area (Å²) >= 11 is 0. The van der Waals surface area contributed by atoms with Gasteiger partial charge < -0.3 is 9.64 Å². The molecule has 0 aliphatic carbocycles. The first-order valence-corrected chi connectivity index (χ1v) is 5.88. The number of allylic oxidation sites excluding steroid dienone is 1. The van der Waals surface area contributed by atoms with Crippen LogP contribution in [0.25, 0.3) is 6.08 Å². The second-order valence-electron chi connectivity index (χ2n) is 4.09. The van der Waals surface area contributed by atoms with E-state index in [9.17, 15) is 4.39 Å². The van der Waals surface area contributed by atoms with Crippen molar-refractivity contribution in [2.75, 3.05) is 31.2 Å². The zero-order valence-electron chi connectivity index (χ0n) is 10.3. The van der Waals surface area contributed by atoms with E-state index < -0.39 is 0 Å². The maximum absolute atomic E-state index is 14.0. The van der Waals surface area contributed by atoms with Crippen LogP contribution in [0, 0.1) is 28.5 Å². The summed E-state index contributed by atoms with van der Waals surface area (Å²) < 4.78 is 19.2. The second-order valence-corrected chi connectivity index (χ2v) is 4.09. The molecule has 0 atom stereocenters. The number of morpholine rings is 1. The molecule has 1 aromatic rings. The van der Waals surface area contributed by atoms with Crippen molar-refractivity contribution in [3.63, 3.8) is 0 Å². The van der Waals surface area contributed by atoms with Gasteiger partial charge in [0.05, 0.1) is 18.9 Å². The van der Waals surface area contributed by atoms with Gasteiger partial charge in [-0.1, -0.05) is 6.07 Å². The lowest BCUT2D eigenvalue weighted by molar-refractivity contribution is 0.122. The van der Waals surface area contributed by atoms with Gasteiger partial charge in [0, 0.05) is 13.1 Å². The van der Waals surface area contributed by atoms with E-state index in [1.54, 1.807) is 24.3 Å². The zero-order chi connectivity index (χ0) is 13.7. The fourth-order valence-corrected chi connectivity index (χ4v) is 1.93. The van der Waals surface area contributed by atoms with Gasteiger partial charge in [-0.3, -0.25) is 0 Å². The highest BCUT2D eigenvalue weighted by atomic mass is 19.1. The van der Waals surface area contributed by atoms with Crippen molar-refractivity contribution in [1.29, 1.82) is 10.5 Å². The third kappa shape index (κ3) is 3.09. The fraction of sp³-hybridized carbons (Fsp3) is 0.286. The van der Waals surface area contributed by atoms with Gasteiger partial charge in [-0.2, -0.15) is 10.5 Å². The number of nitrogens with zero attached hydrogens (tertiary/aromatic N) is 3. The van der Waals surface area contributed by atoms with E-state index in [-0.39, 0.29) is 11.4 Å². The maximum atomic E-state index is 14.0. The van der Waals surface area contributed by atoms with Crippen LogP contribution in [0.3, 0.4) is 0 Å². The molecule has 0 unspecified atom stereocenters. The number of benzene rings is 1. The Balaban J connectivity index is 2.25. The highest BCUT2D eigenvalue weighted by molar-refractivity contribution is 5.64. The van der Waals surface area contributed by atoms with E-state index in [4.69, 9.17) is 15.3 Å². The molecule has 1 aromatic carbocycles. The first-order valence-electron chi connectivity index (χ1n) is 5.88. The summed E-state index contributed by atoms with van der Waals surface area (Å²) in [6.07, 6.45) is 1.37. The van der Waals surface area contributed by atoms with Crippen LogP contribution in [-0.4, -0.2) is 26.3 Å². The SMILES string of the molecule is N#CC(C#N)=Cc1ccc(N2CCOCC2)c(F)c1. The summed E-state index contributed by atoms with van der Waals surface area (Å²) in [5, 5.41) is 17.3. The van der Waals surface area contributed by atoms with Crippen molar-refractivity contribution < 1.29 is 9.13 Å². The molecule has 5 heteroatoms. The molecule has 0 amide bonds. The van der Waals surface area contributed by atoms with Crippen LogP contribution in [0.1, 0.15) is 5.56 Å². The molecule has 0 N–H and O–H groups in total. The van der Waals surface area contributed by atoms with Gasteiger partial charge in [-0.25, -0.2) is 4.39 Å². The Hall–Kier alpha value is -2.37. The molecule has 0 saturated carbocycles. The maximum Gasteiger partial charge on any atom is 0.147 e. The Morgan fingerprint density at radius 2 is 1.95 bits per heavy atom. The van der Waals surface area contributed by atoms with Crippen molar-refractivity contribution >= 4 is 11.8 Å². The lowest BCUT2D eigenvalue weighted by atomic mass is 10.1. The molecule has 0 bridgehead atoms. The molecule has 1 fully saturated rings. The molecular weight excluding hydrogens is 245 g/mol. The average molecular weight is 257 g/mol. The lowest BCUT2D eigenvalue weighted by Gasteiger charge is -2.29. The topological polar surface area (TPSA) is 60.0 Å². The van der Waals surface area contributed by atoms with Gasteiger partial charge in [0.25, 0.3) is 0 Å². The molecule has 1 aliphatic rings. The molecule has 1 aliphatic heterocycles. The third-order valence-electron chi connectivity index (χ3n) is 2.88. The molecule has 1 saturated heterocycles. The Bertz CT molecular complexity index is 561. The largest absolute Gasteiger partial charge is 0.378 e. The molecule has 0 aromatic heterocycles. The Morgan fingerprint density at radius 3 is 2.53 bits per heavy atom. The molecule has 1 heterocycles. The van der Waals surface area contributed by atoms with E-state index in [2.05, 4.69) is 0 Å². The first-order chi connectivity index (χ1) is 9.24. The van der Waals surface area contributed by atoms with Crippen LogP contribution < -0.4 is 4.90 Å². The number of halogens is 1. The number of anilines is 1. The normalized spacial score (nSPS) is 14.4. The number of ether oxygens (including phenoxy) is 1. The molecule has 96 valence electrons. The minimum Gasteiger partial charge on any atom is -0.378 e. The van der Waals surface area contributed by atoms with E-state index in [1.165, 1.54) is 12.1 Å². The molecular formula is C14H12FN3O. The molecule has 19 heavy (non-hydrogen) atoms. The summed E-state index contributed by atoms with van der Waals surface area (Å²) in [6, 6.07) is 8.19. The Kier molecular flexibility index (Phi) is 4.12. The second kappa shape index (κ2) is 5.99. The molecule has 4 nitrogen and oxygen atoms in total. The Morgan fingerprint density at radius 1 is 1.26 bits per heavy atom. The summed E-state index contributed by atoms with van der Waals surface area (Å²) in [5.74, 6) is -0.356. The number of rotatable bonds is 2. The summed E-state index contributed by atoms with van der Waals surface area (Å²) in [7, 11) is 0. The smallest absolute Gasteiger partial charge is 0.147 e. The van der Waals surface area contributed by atoms with E-state index in [1.807, 2.05) is 4.90 Å². The number of hydrogen-bond acceptors (Lipinski definition) is 4. The van der Waals surface area contributed by atoms with Crippen LogP contribution in [-0.2, 0) is 4.74 Å². The van der Waals surface area contributed by atoms with Gasteiger partial charge in [-0.05, 0) is 23.8 Å². The number of hydrogen-bond donors (Lipinski definition) is 0. The molecule has 0 spiro atoms.